The molecular weight excluding hydrogens is 310 g/mol. The summed E-state index contributed by atoms with van der Waals surface area (Å²) in [7, 11) is 0. The van der Waals surface area contributed by atoms with Crippen LogP contribution in [-0.4, -0.2) is 58.1 Å². The normalized spacial score (nSPS) is 22.6. The van der Waals surface area contributed by atoms with Gasteiger partial charge < -0.3 is 20.1 Å². The first-order valence-corrected chi connectivity index (χ1v) is 8.65. The van der Waals surface area contributed by atoms with E-state index in [9.17, 15) is 9.59 Å². The van der Waals surface area contributed by atoms with Gasteiger partial charge in [0.15, 0.2) is 5.82 Å². The van der Waals surface area contributed by atoms with Crippen molar-refractivity contribution in [2.45, 2.75) is 39.0 Å². The van der Waals surface area contributed by atoms with Crippen LogP contribution < -0.4 is 5.73 Å². The molecule has 3 rings (SSSR count). The van der Waals surface area contributed by atoms with Crippen molar-refractivity contribution in [3.8, 4) is 0 Å². The molecule has 3 amide bonds. The molecule has 2 N–H and O–H groups in total. The lowest BCUT2D eigenvalue weighted by atomic mass is 9.91. The molecule has 2 saturated heterocycles. The Morgan fingerprint density at radius 2 is 1.96 bits per heavy atom. The molecule has 24 heavy (non-hydrogen) atoms. The average Bonchev–Trinajstić information content (AvgIpc) is 3.00. The number of hydrogen-bond donors (Lipinski definition) is 1. The fourth-order valence-electron chi connectivity index (χ4n) is 3.66. The first-order valence-electron chi connectivity index (χ1n) is 8.65. The van der Waals surface area contributed by atoms with Gasteiger partial charge in [0.05, 0.1) is 5.92 Å². The number of amides is 3. The van der Waals surface area contributed by atoms with Crippen molar-refractivity contribution in [2.24, 2.45) is 17.6 Å². The maximum absolute atomic E-state index is 12.7. The van der Waals surface area contributed by atoms with Gasteiger partial charge in [0, 0.05) is 32.6 Å². The van der Waals surface area contributed by atoms with Crippen LogP contribution in [0.5, 0.6) is 0 Å². The molecule has 1 unspecified atom stereocenters. The standard InChI is InChI=1S/C16H25N5O3/c1-11-18-14(24-19-11)9-12-4-7-20(8-5-12)15(22)13-3-2-6-21(10-13)16(17)23/h12-13H,2-10H2,1H3,(H2,17,23). The van der Waals surface area contributed by atoms with Crippen LogP contribution in [0, 0.1) is 18.8 Å². The van der Waals surface area contributed by atoms with Crippen molar-refractivity contribution in [3.63, 3.8) is 0 Å². The van der Waals surface area contributed by atoms with Crippen LogP contribution in [0.15, 0.2) is 4.52 Å². The van der Waals surface area contributed by atoms with Gasteiger partial charge in [-0.2, -0.15) is 4.98 Å². The Morgan fingerprint density at radius 1 is 1.21 bits per heavy atom. The zero-order chi connectivity index (χ0) is 17.1. The highest BCUT2D eigenvalue weighted by molar-refractivity contribution is 5.80. The van der Waals surface area contributed by atoms with E-state index in [0.717, 1.165) is 45.2 Å². The number of nitrogens with two attached hydrogens (primary N) is 1. The lowest BCUT2D eigenvalue weighted by molar-refractivity contribution is -0.138. The molecule has 0 saturated carbocycles. The largest absolute Gasteiger partial charge is 0.351 e. The van der Waals surface area contributed by atoms with Gasteiger partial charge in [-0.15, -0.1) is 0 Å². The van der Waals surface area contributed by atoms with E-state index < -0.39 is 6.03 Å². The summed E-state index contributed by atoms with van der Waals surface area (Å²) in [4.78, 5) is 31.8. The Morgan fingerprint density at radius 3 is 2.58 bits per heavy atom. The van der Waals surface area contributed by atoms with Crippen molar-refractivity contribution in [1.82, 2.24) is 19.9 Å². The number of carbonyl (C=O) groups is 2. The molecule has 8 nitrogen and oxygen atoms in total. The zero-order valence-electron chi connectivity index (χ0n) is 14.1. The van der Waals surface area contributed by atoms with Gasteiger partial charge in [-0.05, 0) is 38.5 Å². The number of nitrogens with zero attached hydrogens (tertiary/aromatic N) is 4. The quantitative estimate of drug-likeness (QED) is 0.885. The van der Waals surface area contributed by atoms with Gasteiger partial charge in [0.1, 0.15) is 0 Å². The number of hydrogen-bond acceptors (Lipinski definition) is 5. The zero-order valence-corrected chi connectivity index (χ0v) is 14.1. The SMILES string of the molecule is Cc1noc(CC2CCN(C(=O)C3CCCN(C(N)=O)C3)CC2)n1. The molecule has 1 atom stereocenters. The Balaban J connectivity index is 1.49. The fourth-order valence-corrected chi connectivity index (χ4v) is 3.66. The molecule has 0 radical (unpaired) electrons. The number of likely N-dealkylation sites (tertiary alicyclic amines) is 2. The third-order valence-electron chi connectivity index (χ3n) is 5.04. The highest BCUT2D eigenvalue weighted by Gasteiger charge is 2.32. The van der Waals surface area contributed by atoms with Crippen LogP contribution >= 0.6 is 0 Å². The average molecular weight is 335 g/mol. The van der Waals surface area contributed by atoms with Gasteiger partial charge in [-0.1, -0.05) is 5.16 Å². The maximum Gasteiger partial charge on any atom is 0.314 e. The Labute approximate surface area is 141 Å². The van der Waals surface area contributed by atoms with E-state index in [1.165, 1.54) is 0 Å². The van der Waals surface area contributed by atoms with Gasteiger partial charge in [-0.25, -0.2) is 4.79 Å². The molecule has 0 aromatic carbocycles. The smallest absolute Gasteiger partial charge is 0.314 e. The minimum absolute atomic E-state index is 0.110. The summed E-state index contributed by atoms with van der Waals surface area (Å²) in [5, 5.41) is 3.81. The van der Waals surface area contributed by atoms with E-state index in [4.69, 9.17) is 10.3 Å². The summed E-state index contributed by atoms with van der Waals surface area (Å²) in [6, 6.07) is -0.430. The summed E-state index contributed by atoms with van der Waals surface area (Å²) in [5.41, 5.74) is 5.34. The summed E-state index contributed by atoms with van der Waals surface area (Å²) in [6.07, 6.45) is 4.34. The maximum atomic E-state index is 12.7. The summed E-state index contributed by atoms with van der Waals surface area (Å²) in [5.74, 6) is 1.87. The lowest BCUT2D eigenvalue weighted by Gasteiger charge is -2.37. The van der Waals surface area contributed by atoms with Gasteiger partial charge in [-0.3, -0.25) is 4.79 Å². The monoisotopic (exact) mass is 335 g/mol. The second kappa shape index (κ2) is 7.19. The highest BCUT2D eigenvalue weighted by Crippen LogP contribution is 2.25. The van der Waals surface area contributed by atoms with E-state index in [1.807, 2.05) is 11.8 Å². The highest BCUT2D eigenvalue weighted by atomic mass is 16.5. The summed E-state index contributed by atoms with van der Waals surface area (Å²) < 4.78 is 5.18. The predicted molar refractivity (Wildman–Crippen MR) is 85.9 cm³/mol. The molecule has 132 valence electrons. The molecule has 8 heteroatoms. The minimum atomic E-state index is -0.430. The molecule has 1 aromatic heterocycles. The van der Waals surface area contributed by atoms with Gasteiger partial charge >= 0.3 is 6.03 Å². The van der Waals surface area contributed by atoms with E-state index in [1.54, 1.807) is 4.90 Å². The van der Waals surface area contributed by atoms with Crippen LogP contribution in [0.2, 0.25) is 0 Å². The molecule has 2 aliphatic rings. The van der Waals surface area contributed by atoms with Crippen LogP contribution in [0.1, 0.15) is 37.4 Å². The first-order chi connectivity index (χ1) is 11.5. The molecule has 0 spiro atoms. The predicted octanol–water partition coefficient (Wildman–Crippen LogP) is 0.950. The number of aryl methyl sites for hydroxylation is 1. The summed E-state index contributed by atoms with van der Waals surface area (Å²) in [6.45, 7) is 4.43. The Bertz CT molecular complexity index is 594. The number of rotatable bonds is 3. The van der Waals surface area contributed by atoms with E-state index in [-0.39, 0.29) is 11.8 Å². The van der Waals surface area contributed by atoms with Crippen molar-refractivity contribution in [1.29, 1.82) is 0 Å². The molecule has 0 aliphatic carbocycles. The molecular formula is C16H25N5O3. The molecule has 2 aliphatic heterocycles. The molecule has 2 fully saturated rings. The Kier molecular flexibility index (Phi) is 5.01. The van der Waals surface area contributed by atoms with Crippen molar-refractivity contribution in [2.75, 3.05) is 26.2 Å². The van der Waals surface area contributed by atoms with Crippen LogP contribution in [0.25, 0.3) is 0 Å². The van der Waals surface area contributed by atoms with E-state index >= 15 is 0 Å². The molecule has 0 bridgehead atoms. The lowest BCUT2D eigenvalue weighted by Crippen LogP contribution is -2.49. The third kappa shape index (κ3) is 3.85. The first kappa shape index (κ1) is 16.7. The van der Waals surface area contributed by atoms with Crippen molar-refractivity contribution < 1.29 is 14.1 Å². The molecule has 1 aromatic rings. The number of carbonyl (C=O) groups excluding carboxylic acids is 2. The molecule has 3 heterocycles. The number of aromatic nitrogens is 2. The second-order valence-electron chi connectivity index (χ2n) is 6.83. The topological polar surface area (TPSA) is 106 Å². The van der Waals surface area contributed by atoms with E-state index in [0.29, 0.717) is 30.7 Å². The Hall–Kier alpha value is -2.12. The van der Waals surface area contributed by atoms with Crippen LogP contribution in [-0.2, 0) is 11.2 Å². The second-order valence-corrected chi connectivity index (χ2v) is 6.83. The van der Waals surface area contributed by atoms with Gasteiger partial charge in [0.25, 0.3) is 0 Å². The minimum Gasteiger partial charge on any atom is -0.351 e. The van der Waals surface area contributed by atoms with Crippen LogP contribution in [0.4, 0.5) is 4.79 Å². The number of primary amides is 1. The van der Waals surface area contributed by atoms with Crippen LogP contribution in [0.3, 0.4) is 0 Å². The van der Waals surface area contributed by atoms with Gasteiger partial charge in [0.2, 0.25) is 11.8 Å². The fraction of sp³-hybridized carbons (Fsp3) is 0.750. The number of urea groups is 1. The van der Waals surface area contributed by atoms with Crippen molar-refractivity contribution in [3.05, 3.63) is 11.7 Å². The number of piperidine rings is 2. The third-order valence-corrected chi connectivity index (χ3v) is 5.04. The summed E-state index contributed by atoms with van der Waals surface area (Å²) >= 11 is 0. The van der Waals surface area contributed by atoms with Crippen molar-refractivity contribution >= 4 is 11.9 Å². The van der Waals surface area contributed by atoms with E-state index in [2.05, 4.69) is 10.1 Å².